The van der Waals surface area contributed by atoms with Gasteiger partial charge in [-0.3, -0.25) is 25.7 Å². The van der Waals surface area contributed by atoms with E-state index in [0.29, 0.717) is 11.3 Å². The van der Waals surface area contributed by atoms with Crippen LogP contribution in [0.4, 0.5) is 17.1 Å². The lowest BCUT2D eigenvalue weighted by Gasteiger charge is -2.10. The van der Waals surface area contributed by atoms with Crippen molar-refractivity contribution in [3.8, 4) is 5.75 Å². The van der Waals surface area contributed by atoms with Gasteiger partial charge in [-0.2, -0.15) is 5.10 Å². The number of ether oxygens (including phenoxy) is 1. The molecule has 0 aliphatic heterocycles. The SMILES string of the molecule is O=C(Oc1ccc2ccccc2c1/C=N\Nc1cccc([N+](=O)[O-])c1)c1ccc([N+](=O)[O-])cc1. The molecule has 0 aliphatic carbocycles. The zero-order valence-electron chi connectivity index (χ0n) is 17.5. The van der Waals surface area contributed by atoms with E-state index < -0.39 is 15.8 Å². The molecule has 0 amide bonds. The smallest absolute Gasteiger partial charge is 0.343 e. The minimum absolute atomic E-state index is 0.0805. The highest BCUT2D eigenvalue weighted by Crippen LogP contribution is 2.28. The predicted octanol–water partition coefficient (Wildman–Crippen LogP) is 5.32. The van der Waals surface area contributed by atoms with E-state index in [1.807, 2.05) is 24.3 Å². The molecule has 0 aliphatic rings. The summed E-state index contributed by atoms with van der Waals surface area (Å²) in [6.07, 6.45) is 1.46. The first-order chi connectivity index (χ1) is 16.4. The lowest BCUT2D eigenvalue weighted by atomic mass is 10.0. The molecule has 34 heavy (non-hydrogen) atoms. The average Bonchev–Trinajstić information content (AvgIpc) is 2.85. The van der Waals surface area contributed by atoms with E-state index in [4.69, 9.17) is 4.74 Å². The number of carbonyl (C=O) groups is 1. The van der Waals surface area contributed by atoms with E-state index in [9.17, 15) is 25.0 Å². The lowest BCUT2D eigenvalue weighted by Crippen LogP contribution is -2.10. The van der Waals surface area contributed by atoms with Crippen LogP contribution in [-0.2, 0) is 0 Å². The van der Waals surface area contributed by atoms with Crippen LogP contribution in [0.1, 0.15) is 15.9 Å². The van der Waals surface area contributed by atoms with E-state index in [-0.39, 0.29) is 22.7 Å². The number of non-ortho nitro benzene ring substituents is 2. The van der Waals surface area contributed by atoms with Gasteiger partial charge >= 0.3 is 5.97 Å². The van der Waals surface area contributed by atoms with Gasteiger partial charge in [-0.05, 0) is 35.0 Å². The number of nitrogens with zero attached hydrogens (tertiary/aromatic N) is 3. The van der Waals surface area contributed by atoms with Crippen molar-refractivity contribution in [3.05, 3.63) is 116 Å². The van der Waals surface area contributed by atoms with Gasteiger partial charge < -0.3 is 4.74 Å². The topological polar surface area (TPSA) is 137 Å². The van der Waals surface area contributed by atoms with Crippen molar-refractivity contribution in [2.24, 2.45) is 5.10 Å². The summed E-state index contributed by atoms with van der Waals surface area (Å²) in [6, 6.07) is 21.8. The fraction of sp³-hybridized carbons (Fsp3) is 0. The van der Waals surface area contributed by atoms with Gasteiger partial charge in [-0.1, -0.05) is 36.4 Å². The highest BCUT2D eigenvalue weighted by molar-refractivity contribution is 6.04. The Kier molecular flexibility index (Phi) is 6.22. The van der Waals surface area contributed by atoms with Gasteiger partial charge in [0.25, 0.3) is 11.4 Å². The number of carbonyl (C=O) groups excluding carboxylic acids is 1. The Balaban J connectivity index is 1.63. The molecule has 0 unspecified atom stereocenters. The minimum Gasteiger partial charge on any atom is -0.422 e. The second-order valence-electron chi connectivity index (χ2n) is 7.07. The fourth-order valence-corrected chi connectivity index (χ4v) is 3.24. The molecule has 0 fully saturated rings. The first-order valence-electron chi connectivity index (χ1n) is 9.94. The van der Waals surface area contributed by atoms with Gasteiger partial charge in [0.05, 0.1) is 27.3 Å². The number of anilines is 1. The number of benzene rings is 4. The van der Waals surface area contributed by atoms with Crippen molar-refractivity contribution in [1.82, 2.24) is 0 Å². The van der Waals surface area contributed by atoms with E-state index in [1.54, 1.807) is 18.2 Å². The van der Waals surface area contributed by atoms with Crippen molar-refractivity contribution in [2.45, 2.75) is 0 Å². The molecular weight excluding hydrogens is 440 g/mol. The van der Waals surface area contributed by atoms with Crippen LogP contribution in [0.15, 0.2) is 90.0 Å². The molecule has 0 spiro atoms. The Labute approximate surface area is 192 Å². The van der Waals surface area contributed by atoms with Gasteiger partial charge in [0.1, 0.15) is 5.75 Å². The second kappa shape index (κ2) is 9.57. The summed E-state index contributed by atoms with van der Waals surface area (Å²) in [4.78, 5) is 33.4. The highest BCUT2D eigenvalue weighted by Gasteiger charge is 2.15. The Morgan fingerprint density at radius 2 is 1.59 bits per heavy atom. The van der Waals surface area contributed by atoms with Gasteiger partial charge in [0.2, 0.25) is 0 Å². The maximum atomic E-state index is 12.7. The van der Waals surface area contributed by atoms with Crippen molar-refractivity contribution < 1.29 is 19.4 Å². The van der Waals surface area contributed by atoms with Crippen LogP contribution < -0.4 is 10.2 Å². The van der Waals surface area contributed by atoms with Crippen molar-refractivity contribution in [2.75, 3.05) is 5.43 Å². The fourth-order valence-electron chi connectivity index (χ4n) is 3.24. The first kappa shape index (κ1) is 22.1. The largest absolute Gasteiger partial charge is 0.422 e. The molecule has 0 heterocycles. The summed E-state index contributed by atoms with van der Waals surface area (Å²) in [5.41, 5.74) is 3.59. The normalized spacial score (nSPS) is 10.8. The maximum Gasteiger partial charge on any atom is 0.343 e. The van der Waals surface area contributed by atoms with E-state index in [1.165, 1.54) is 48.7 Å². The van der Waals surface area contributed by atoms with Crippen molar-refractivity contribution in [1.29, 1.82) is 0 Å². The minimum atomic E-state index is -0.688. The monoisotopic (exact) mass is 456 g/mol. The van der Waals surface area contributed by atoms with Gasteiger partial charge in [0, 0.05) is 29.8 Å². The van der Waals surface area contributed by atoms with Gasteiger partial charge in [-0.15, -0.1) is 0 Å². The van der Waals surface area contributed by atoms with Gasteiger partial charge in [-0.25, -0.2) is 4.79 Å². The third-order valence-corrected chi connectivity index (χ3v) is 4.89. The van der Waals surface area contributed by atoms with E-state index >= 15 is 0 Å². The number of fused-ring (bicyclic) bond motifs is 1. The quantitative estimate of drug-likeness (QED) is 0.131. The highest BCUT2D eigenvalue weighted by atomic mass is 16.6. The molecule has 0 radical (unpaired) electrons. The van der Waals surface area contributed by atoms with E-state index in [0.717, 1.165) is 10.8 Å². The molecule has 0 atom stereocenters. The third-order valence-electron chi connectivity index (χ3n) is 4.89. The lowest BCUT2D eigenvalue weighted by molar-refractivity contribution is -0.385. The molecular formula is C24H16N4O6. The molecule has 0 saturated heterocycles. The van der Waals surface area contributed by atoms with Crippen molar-refractivity contribution >= 4 is 40.0 Å². The molecule has 1 N–H and O–H groups in total. The van der Waals surface area contributed by atoms with Crippen LogP contribution in [0.3, 0.4) is 0 Å². The predicted molar refractivity (Wildman–Crippen MR) is 126 cm³/mol. The zero-order chi connectivity index (χ0) is 24.1. The van der Waals surface area contributed by atoms with Crippen LogP contribution in [0.25, 0.3) is 10.8 Å². The molecule has 10 heteroatoms. The molecule has 4 rings (SSSR count). The molecule has 0 aromatic heterocycles. The number of hydrogen-bond acceptors (Lipinski definition) is 8. The van der Waals surface area contributed by atoms with E-state index in [2.05, 4.69) is 10.5 Å². The van der Waals surface area contributed by atoms with Crippen LogP contribution in [0.2, 0.25) is 0 Å². The number of hydrazone groups is 1. The summed E-state index contributed by atoms with van der Waals surface area (Å²) in [7, 11) is 0. The first-order valence-corrected chi connectivity index (χ1v) is 9.94. The number of rotatable bonds is 7. The summed E-state index contributed by atoms with van der Waals surface area (Å²) in [5, 5.41) is 27.6. The van der Waals surface area contributed by atoms with Crippen molar-refractivity contribution in [3.63, 3.8) is 0 Å². The molecule has 4 aromatic rings. The molecule has 10 nitrogen and oxygen atoms in total. The Morgan fingerprint density at radius 1 is 0.853 bits per heavy atom. The van der Waals surface area contributed by atoms with Crippen LogP contribution in [0, 0.1) is 20.2 Å². The molecule has 4 aromatic carbocycles. The van der Waals surface area contributed by atoms with Crippen LogP contribution in [0.5, 0.6) is 5.75 Å². The summed E-state index contributed by atoms with van der Waals surface area (Å²) < 4.78 is 5.58. The van der Waals surface area contributed by atoms with Crippen LogP contribution >= 0.6 is 0 Å². The summed E-state index contributed by atoms with van der Waals surface area (Å²) >= 11 is 0. The number of esters is 1. The average molecular weight is 456 g/mol. The third kappa shape index (κ3) is 4.86. The standard InChI is InChI=1S/C24H16N4O6/c29-24(17-8-11-19(12-9-17)27(30)31)34-23-13-10-16-4-1-2-7-21(16)22(23)15-25-26-18-5-3-6-20(14-18)28(32)33/h1-15,26H/b25-15-. The Bertz CT molecular complexity index is 1430. The summed E-state index contributed by atoms with van der Waals surface area (Å²) in [6.45, 7) is 0. The Hall–Kier alpha value is -5.12. The maximum absolute atomic E-state index is 12.7. The van der Waals surface area contributed by atoms with Crippen LogP contribution in [-0.4, -0.2) is 22.0 Å². The number of nitrogens with one attached hydrogen (secondary N) is 1. The van der Waals surface area contributed by atoms with Gasteiger partial charge in [0.15, 0.2) is 0 Å². The Morgan fingerprint density at radius 3 is 2.32 bits per heavy atom. The molecule has 0 saturated carbocycles. The number of hydrogen-bond donors (Lipinski definition) is 1. The number of nitro benzene ring substituents is 2. The molecule has 0 bridgehead atoms. The number of nitro groups is 2. The molecule has 168 valence electrons. The second-order valence-corrected chi connectivity index (χ2v) is 7.07. The summed E-state index contributed by atoms with van der Waals surface area (Å²) in [5.74, 6) is -0.460. The zero-order valence-corrected chi connectivity index (χ0v) is 17.5.